The highest BCUT2D eigenvalue weighted by Gasteiger charge is 2.48. The molecule has 14 nitrogen and oxygen atoms in total. The van der Waals surface area contributed by atoms with E-state index in [2.05, 4.69) is 21.5 Å². The number of carboxylic acids is 1. The number of nitrogens with two attached hydrogens (primary N) is 1. The van der Waals surface area contributed by atoms with Gasteiger partial charge in [0.15, 0.2) is 23.6 Å². The lowest BCUT2D eigenvalue weighted by Crippen LogP contribution is -2.60. The second-order valence-electron chi connectivity index (χ2n) is 7.84. The Bertz CT molecular complexity index is 1100. The summed E-state index contributed by atoms with van der Waals surface area (Å²) in [6, 6.07) is -0.492. The van der Waals surface area contributed by atoms with Crippen molar-refractivity contribution in [1.29, 1.82) is 0 Å². The SMILES string of the molecule is C=C1[C@H](CO[C@@H]2O[C@H](C(=O)O)[C@@H](O)[C@H](O)[C@H]2O)[C@@H](O)C[C@@H]1n1cnc2c(=O)[nH]c(N)nc21. The maximum absolute atomic E-state index is 12.0. The molecule has 1 saturated carbocycles. The first-order valence-electron chi connectivity index (χ1n) is 9.73. The number of aromatic amines is 1. The third-order valence-electron chi connectivity index (χ3n) is 5.87. The Morgan fingerprint density at radius 1 is 1.31 bits per heavy atom. The monoisotopic (exact) mass is 453 g/mol. The minimum atomic E-state index is -1.84. The van der Waals surface area contributed by atoms with Gasteiger partial charge in [-0.25, -0.2) is 9.78 Å². The lowest BCUT2D eigenvalue weighted by molar-refractivity contribution is -0.296. The van der Waals surface area contributed by atoms with Gasteiger partial charge in [0.2, 0.25) is 5.95 Å². The summed E-state index contributed by atoms with van der Waals surface area (Å²) in [5.74, 6) is -2.28. The Hall–Kier alpha value is -2.88. The standard InChI is InChI=1S/C18H23N5O9/c1-5-6(3-31-17-12(27)10(25)11(26)13(32-17)16(29)30)8(24)2-7(5)23-4-20-9-14(23)21-18(19)22-15(9)28/h4,6-8,10-13,17,24-27H,1-3H2,(H,29,30)(H3,19,21,22,28)/t6-,7-,8-,10-,11-,12+,13-,17+/m0/s1. The van der Waals surface area contributed by atoms with Gasteiger partial charge in [-0.1, -0.05) is 6.58 Å². The first-order valence-corrected chi connectivity index (χ1v) is 9.73. The highest BCUT2D eigenvalue weighted by Crippen LogP contribution is 2.40. The molecule has 8 atom stereocenters. The maximum Gasteiger partial charge on any atom is 0.335 e. The van der Waals surface area contributed by atoms with Crippen LogP contribution in [0.3, 0.4) is 0 Å². The van der Waals surface area contributed by atoms with Gasteiger partial charge in [0.1, 0.15) is 18.3 Å². The number of nitrogens with one attached hydrogen (secondary N) is 1. The number of hydrogen-bond donors (Lipinski definition) is 7. The van der Waals surface area contributed by atoms with E-state index in [1.807, 2.05) is 0 Å². The molecule has 3 heterocycles. The van der Waals surface area contributed by atoms with Crippen LogP contribution in [0.2, 0.25) is 0 Å². The Kier molecular flexibility index (Phi) is 5.74. The number of ether oxygens (including phenoxy) is 2. The lowest BCUT2D eigenvalue weighted by Gasteiger charge is -2.38. The number of rotatable bonds is 5. The van der Waals surface area contributed by atoms with E-state index in [1.165, 1.54) is 6.33 Å². The number of hydrogen-bond acceptors (Lipinski definition) is 11. The molecule has 1 aliphatic carbocycles. The minimum Gasteiger partial charge on any atom is -0.479 e. The second-order valence-corrected chi connectivity index (χ2v) is 7.84. The van der Waals surface area contributed by atoms with Crippen LogP contribution in [-0.2, 0) is 14.3 Å². The zero-order valence-electron chi connectivity index (χ0n) is 16.6. The van der Waals surface area contributed by atoms with Crippen molar-refractivity contribution in [3.8, 4) is 0 Å². The topological polar surface area (TPSA) is 226 Å². The Balaban J connectivity index is 1.50. The molecule has 1 aliphatic heterocycles. The zero-order valence-corrected chi connectivity index (χ0v) is 16.6. The summed E-state index contributed by atoms with van der Waals surface area (Å²) >= 11 is 0. The molecule has 2 fully saturated rings. The summed E-state index contributed by atoms with van der Waals surface area (Å²) in [6.45, 7) is 3.78. The number of imidazole rings is 1. The number of nitrogen functional groups attached to an aromatic ring is 1. The Labute approximate surface area is 179 Å². The summed E-state index contributed by atoms with van der Waals surface area (Å²) in [5, 5.41) is 49.4. The molecule has 2 aliphatic rings. The third kappa shape index (κ3) is 3.66. The van der Waals surface area contributed by atoms with Gasteiger partial charge < -0.3 is 45.3 Å². The smallest absolute Gasteiger partial charge is 0.335 e. The van der Waals surface area contributed by atoms with Crippen LogP contribution in [0.1, 0.15) is 12.5 Å². The molecule has 1 saturated heterocycles. The van der Waals surface area contributed by atoms with E-state index >= 15 is 0 Å². The quantitative estimate of drug-likeness (QED) is 0.226. The predicted molar refractivity (Wildman–Crippen MR) is 105 cm³/mol. The van der Waals surface area contributed by atoms with Crippen LogP contribution in [0, 0.1) is 5.92 Å². The van der Waals surface area contributed by atoms with E-state index < -0.39 is 60.3 Å². The second kappa shape index (κ2) is 8.23. The molecule has 0 bridgehead atoms. The van der Waals surface area contributed by atoms with Crippen molar-refractivity contribution in [2.24, 2.45) is 5.92 Å². The van der Waals surface area contributed by atoms with E-state index in [4.69, 9.17) is 20.3 Å². The van der Waals surface area contributed by atoms with Gasteiger partial charge in [0.25, 0.3) is 5.56 Å². The van der Waals surface area contributed by atoms with Crippen LogP contribution in [0.15, 0.2) is 23.3 Å². The number of fused-ring (bicyclic) bond motifs is 1. The van der Waals surface area contributed by atoms with Crippen molar-refractivity contribution < 1.29 is 39.8 Å². The van der Waals surface area contributed by atoms with Gasteiger partial charge in [-0.15, -0.1) is 0 Å². The van der Waals surface area contributed by atoms with Gasteiger partial charge in [-0.3, -0.25) is 9.78 Å². The van der Waals surface area contributed by atoms with Crippen molar-refractivity contribution in [2.75, 3.05) is 12.3 Å². The summed E-state index contributed by atoms with van der Waals surface area (Å²) in [6.07, 6.45) is -8.04. The van der Waals surface area contributed by atoms with Crippen LogP contribution < -0.4 is 11.3 Å². The first-order chi connectivity index (χ1) is 15.1. The molecule has 14 heteroatoms. The molecule has 4 rings (SSSR count). The fourth-order valence-corrected chi connectivity index (χ4v) is 4.11. The fraction of sp³-hybridized carbons (Fsp3) is 0.556. The van der Waals surface area contributed by atoms with Gasteiger partial charge in [0, 0.05) is 5.92 Å². The normalized spacial score (nSPS) is 35.4. The molecule has 2 aromatic heterocycles. The van der Waals surface area contributed by atoms with E-state index in [0.29, 0.717) is 5.57 Å². The van der Waals surface area contributed by atoms with Gasteiger partial charge in [-0.05, 0) is 12.0 Å². The Morgan fingerprint density at radius 3 is 2.72 bits per heavy atom. The minimum absolute atomic E-state index is 0.0761. The van der Waals surface area contributed by atoms with Crippen molar-refractivity contribution in [1.82, 2.24) is 19.5 Å². The van der Waals surface area contributed by atoms with Crippen LogP contribution in [0.4, 0.5) is 5.95 Å². The van der Waals surface area contributed by atoms with Crippen LogP contribution in [0.25, 0.3) is 11.2 Å². The largest absolute Gasteiger partial charge is 0.479 e. The number of aliphatic carboxylic acids is 1. The Morgan fingerprint density at radius 2 is 2.03 bits per heavy atom. The van der Waals surface area contributed by atoms with Crippen molar-refractivity contribution in [3.05, 3.63) is 28.8 Å². The molecule has 0 unspecified atom stereocenters. The molecular formula is C18H23N5O9. The molecule has 0 aromatic carbocycles. The third-order valence-corrected chi connectivity index (χ3v) is 5.87. The average molecular weight is 453 g/mol. The van der Waals surface area contributed by atoms with E-state index in [0.717, 1.165) is 0 Å². The lowest BCUT2D eigenvalue weighted by atomic mass is 9.98. The number of carbonyl (C=O) groups is 1. The zero-order chi connectivity index (χ0) is 23.3. The van der Waals surface area contributed by atoms with Crippen LogP contribution in [-0.4, -0.2) is 94.4 Å². The highest BCUT2D eigenvalue weighted by molar-refractivity contribution is 5.73. The molecule has 174 valence electrons. The number of carboxylic acid groups (broad SMARTS) is 1. The molecule has 0 radical (unpaired) electrons. The maximum atomic E-state index is 12.0. The van der Waals surface area contributed by atoms with Gasteiger partial charge in [-0.2, -0.15) is 4.98 Å². The van der Waals surface area contributed by atoms with Crippen molar-refractivity contribution in [2.45, 2.75) is 49.3 Å². The van der Waals surface area contributed by atoms with Crippen LogP contribution >= 0.6 is 0 Å². The number of aliphatic hydroxyl groups is 4. The van der Waals surface area contributed by atoms with E-state index in [9.17, 15) is 30.0 Å². The molecule has 0 spiro atoms. The van der Waals surface area contributed by atoms with Crippen molar-refractivity contribution in [3.63, 3.8) is 0 Å². The predicted octanol–water partition coefficient (Wildman–Crippen LogP) is -2.91. The van der Waals surface area contributed by atoms with Gasteiger partial charge >= 0.3 is 5.97 Å². The highest BCUT2D eigenvalue weighted by atomic mass is 16.7. The summed E-state index contributed by atoms with van der Waals surface area (Å²) in [5.41, 5.74) is 5.92. The molecule has 32 heavy (non-hydrogen) atoms. The van der Waals surface area contributed by atoms with E-state index in [-0.39, 0.29) is 30.1 Å². The summed E-state index contributed by atoms with van der Waals surface area (Å²) < 4.78 is 12.1. The first kappa shape index (κ1) is 22.3. The molecule has 8 N–H and O–H groups in total. The van der Waals surface area contributed by atoms with Crippen molar-refractivity contribution >= 4 is 23.1 Å². The van der Waals surface area contributed by atoms with Gasteiger partial charge in [0.05, 0.1) is 25.1 Å². The fourth-order valence-electron chi connectivity index (χ4n) is 4.11. The molecule has 0 amide bonds. The number of aromatic nitrogens is 4. The summed E-state index contributed by atoms with van der Waals surface area (Å²) in [4.78, 5) is 33.7. The molecule has 2 aromatic rings. The van der Waals surface area contributed by atoms with E-state index in [1.54, 1.807) is 4.57 Å². The number of H-pyrrole nitrogens is 1. The molecular weight excluding hydrogens is 430 g/mol. The number of aliphatic hydroxyl groups excluding tert-OH is 4. The average Bonchev–Trinajstić information content (AvgIpc) is 3.26. The number of anilines is 1. The number of nitrogens with zero attached hydrogens (tertiary/aromatic N) is 3. The van der Waals surface area contributed by atoms with Crippen LogP contribution in [0.5, 0.6) is 0 Å². The summed E-state index contributed by atoms with van der Waals surface area (Å²) in [7, 11) is 0.